The molecule has 20 heavy (non-hydrogen) atoms. The molecular weight excluding hydrogens is 260 g/mol. The topological polar surface area (TPSA) is 70.9 Å². The molecule has 1 fully saturated rings. The molecule has 1 aliphatic rings. The smallest absolute Gasteiger partial charge is 0.269 e. The summed E-state index contributed by atoms with van der Waals surface area (Å²) in [6.07, 6.45) is 0. The van der Waals surface area contributed by atoms with Crippen LogP contribution in [-0.4, -0.2) is 61.2 Å². The van der Waals surface area contributed by atoms with Crippen LogP contribution in [-0.2, 0) is 0 Å². The van der Waals surface area contributed by atoms with Crippen LogP contribution in [0.1, 0.15) is 0 Å². The van der Waals surface area contributed by atoms with E-state index in [1.165, 1.54) is 12.1 Å². The molecule has 1 aromatic carbocycles. The van der Waals surface area contributed by atoms with Crippen LogP contribution in [0.5, 0.6) is 5.75 Å². The summed E-state index contributed by atoms with van der Waals surface area (Å²) in [5.74, 6) is 0.649. The predicted molar refractivity (Wildman–Crippen MR) is 75.7 cm³/mol. The molecule has 7 heteroatoms. The zero-order chi connectivity index (χ0) is 14.4. The Hall–Kier alpha value is -1.70. The van der Waals surface area contributed by atoms with Crippen LogP contribution in [0.3, 0.4) is 0 Å². The minimum atomic E-state index is -0.418. The lowest BCUT2D eigenvalue weighted by molar-refractivity contribution is -0.384. The van der Waals surface area contributed by atoms with Crippen molar-refractivity contribution in [3.05, 3.63) is 34.4 Å². The average molecular weight is 280 g/mol. The minimum Gasteiger partial charge on any atom is -0.492 e. The average Bonchev–Trinajstić information content (AvgIpc) is 2.46. The molecular formula is C13H20N4O3. The number of rotatable bonds is 6. The van der Waals surface area contributed by atoms with Gasteiger partial charge in [0.2, 0.25) is 0 Å². The highest BCUT2D eigenvalue weighted by Gasteiger charge is 2.12. The monoisotopic (exact) mass is 280 g/mol. The first-order valence-corrected chi connectivity index (χ1v) is 6.69. The highest BCUT2D eigenvalue weighted by atomic mass is 16.6. The van der Waals surface area contributed by atoms with E-state index in [0.29, 0.717) is 12.4 Å². The fourth-order valence-corrected chi connectivity index (χ4v) is 2.00. The Morgan fingerprint density at radius 1 is 1.25 bits per heavy atom. The number of nitro groups is 1. The van der Waals surface area contributed by atoms with Crippen LogP contribution in [0, 0.1) is 10.1 Å². The van der Waals surface area contributed by atoms with Crippen LogP contribution in [0.4, 0.5) is 5.69 Å². The number of likely N-dealkylation sites (N-methyl/N-ethyl adjacent to an activating group) is 1. The Morgan fingerprint density at radius 2 is 1.90 bits per heavy atom. The molecule has 1 heterocycles. The number of hydrazine groups is 1. The number of nitro benzene ring substituents is 1. The number of nitrogens with zero attached hydrogens (tertiary/aromatic N) is 3. The molecule has 1 aliphatic heterocycles. The van der Waals surface area contributed by atoms with Crippen molar-refractivity contribution in [2.75, 3.05) is 46.4 Å². The molecule has 110 valence electrons. The third-order valence-electron chi connectivity index (χ3n) is 3.26. The summed E-state index contributed by atoms with van der Waals surface area (Å²) in [6.45, 7) is 5.40. The van der Waals surface area contributed by atoms with Crippen LogP contribution in [0.15, 0.2) is 24.3 Å². The lowest BCUT2D eigenvalue weighted by atomic mass is 10.3. The largest absolute Gasteiger partial charge is 0.492 e. The molecule has 0 atom stereocenters. The van der Waals surface area contributed by atoms with Gasteiger partial charge in [-0.05, 0) is 19.2 Å². The van der Waals surface area contributed by atoms with E-state index in [0.717, 1.165) is 32.7 Å². The summed E-state index contributed by atoms with van der Waals surface area (Å²) >= 11 is 0. The fourth-order valence-electron chi connectivity index (χ4n) is 2.00. The van der Waals surface area contributed by atoms with Gasteiger partial charge in [-0.15, -0.1) is 0 Å². The van der Waals surface area contributed by atoms with Gasteiger partial charge in [-0.1, -0.05) is 0 Å². The minimum absolute atomic E-state index is 0.0768. The van der Waals surface area contributed by atoms with Gasteiger partial charge in [-0.3, -0.25) is 15.5 Å². The molecule has 2 rings (SSSR count). The summed E-state index contributed by atoms with van der Waals surface area (Å²) in [5.41, 5.74) is 3.39. The number of benzene rings is 1. The standard InChI is InChI=1S/C13H20N4O3/c1-15-7-9-16(10-8-15)14-6-11-20-13-4-2-12(3-5-13)17(18)19/h2-5,14H,6-11H2,1H3. The van der Waals surface area contributed by atoms with Gasteiger partial charge in [-0.2, -0.15) is 0 Å². The van der Waals surface area contributed by atoms with Crippen molar-refractivity contribution in [1.82, 2.24) is 15.3 Å². The van der Waals surface area contributed by atoms with Gasteiger partial charge < -0.3 is 9.64 Å². The highest BCUT2D eigenvalue weighted by Crippen LogP contribution is 2.16. The highest BCUT2D eigenvalue weighted by molar-refractivity contribution is 5.35. The Balaban J connectivity index is 1.64. The molecule has 0 aliphatic carbocycles. The van der Waals surface area contributed by atoms with Gasteiger partial charge in [-0.25, -0.2) is 5.01 Å². The van der Waals surface area contributed by atoms with E-state index in [-0.39, 0.29) is 5.69 Å². The number of non-ortho nitro benzene ring substituents is 1. The Kier molecular flexibility index (Phi) is 5.28. The van der Waals surface area contributed by atoms with Gasteiger partial charge in [0.05, 0.1) is 4.92 Å². The molecule has 0 saturated carbocycles. The van der Waals surface area contributed by atoms with E-state index in [2.05, 4.69) is 22.4 Å². The maximum Gasteiger partial charge on any atom is 0.269 e. The van der Waals surface area contributed by atoms with Gasteiger partial charge in [0.1, 0.15) is 12.4 Å². The first-order valence-electron chi connectivity index (χ1n) is 6.69. The second-order valence-electron chi connectivity index (χ2n) is 4.80. The fraction of sp³-hybridized carbons (Fsp3) is 0.538. The number of nitrogens with one attached hydrogen (secondary N) is 1. The quantitative estimate of drug-likeness (QED) is 0.470. The Labute approximate surface area is 118 Å². The van der Waals surface area contributed by atoms with E-state index < -0.39 is 4.92 Å². The van der Waals surface area contributed by atoms with Crippen molar-refractivity contribution >= 4 is 5.69 Å². The van der Waals surface area contributed by atoms with Gasteiger partial charge in [0.25, 0.3) is 5.69 Å². The van der Waals surface area contributed by atoms with Crippen molar-refractivity contribution in [1.29, 1.82) is 0 Å². The SMILES string of the molecule is CN1CCN(NCCOc2ccc([N+](=O)[O-])cc2)CC1. The second kappa shape index (κ2) is 7.18. The third kappa shape index (κ3) is 4.44. The zero-order valence-corrected chi connectivity index (χ0v) is 11.6. The van der Waals surface area contributed by atoms with E-state index in [9.17, 15) is 10.1 Å². The van der Waals surface area contributed by atoms with Crippen LogP contribution >= 0.6 is 0 Å². The van der Waals surface area contributed by atoms with Gasteiger partial charge >= 0.3 is 0 Å². The number of piperazine rings is 1. The molecule has 0 spiro atoms. The summed E-state index contributed by atoms with van der Waals surface area (Å²) in [6, 6.07) is 6.13. The van der Waals surface area contributed by atoms with E-state index >= 15 is 0 Å². The second-order valence-corrected chi connectivity index (χ2v) is 4.80. The van der Waals surface area contributed by atoms with Crippen LogP contribution in [0.2, 0.25) is 0 Å². The molecule has 0 unspecified atom stereocenters. The first kappa shape index (κ1) is 14.7. The van der Waals surface area contributed by atoms with Crippen LogP contribution in [0.25, 0.3) is 0 Å². The summed E-state index contributed by atoms with van der Waals surface area (Å²) in [4.78, 5) is 12.4. The van der Waals surface area contributed by atoms with Crippen molar-refractivity contribution in [3.63, 3.8) is 0 Å². The molecule has 1 aromatic rings. The molecule has 1 N–H and O–H groups in total. The van der Waals surface area contributed by atoms with E-state index in [1.54, 1.807) is 12.1 Å². The maximum absolute atomic E-state index is 10.5. The van der Waals surface area contributed by atoms with Crippen molar-refractivity contribution in [2.45, 2.75) is 0 Å². The molecule has 0 aromatic heterocycles. The predicted octanol–water partition coefficient (Wildman–Crippen LogP) is 0.726. The van der Waals surface area contributed by atoms with Gasteiger partial charge in [0.15, 0.2) is 0 Å². The first-order chi connectivity index (χ1) is 9.65. The Morgan fingerprint density at radius 3 is 2.50 bits per heavy atom. The summed E-state index contributed by atoms with van der Waals surface area (Å²) < 4.78 is 5.53. The normalized spacial score (nSPS) is 17.1. The molecule has 0 radical (unpaired) electrons. The lowest BCUT2D eigenvalue weighted by Gasteiger charge is -2.32. The molecule has 7 nitrogen and oxygen atoms in total. The van der Waals surface area contributed by atoms with Crippen LogP contribution < -0.4 is 10.2 Å². The van der Waals surface area contributed by atoms with Gasteiger partial charge in [0, 0.05) is 44.9 Å². The third-order valence-corrected chi connectivity index (χ3v) is 3.26. The molecule has 0 bridgehead atoms. The zero-order valence-electron chi connectivity index (χ0n) is 11.6. The summed E-state index contributed by atoms with van der Waals surface area (Å²) in [7, 11) is 2.12. The number of ether oxygens (including phenoxy) is 1. The molecule has 0 amide bonds. The Bertz CT molecular complexity index is 430. The molecule has 1 saturated heterocycles. The lowest BCUT2D eigenvalue weighted by Crippen LogP contribution is -2.51. The maximum atomic E-state index is 10.5. The summed E-state index contributed by atoms with van der Waals surface area (Å²) in [5, 5.41) is 12.7. The van der Waals surface area contributed by atoms with Crippen molar-refractivity contribution < 1.29 is 9.66 Å². The van der Waals surface area contributed by atoms with Crippen molar-refractivity contribution in [2.24, 2.45) is 0 Å². The van der Waals surface area contributed by atoms with E-state index in [4.69, 9.17) is 4.74 Å². The van der Waals surface area contributed by atoms with E-state index in [1.807, 2.05) is 0 Å². The number of hydrogen-bond donors (Lipinski definition) is 1. The van der Waals surface area contributed by atoms with Crippen molar-refractivity contribution in [3.8, 4) is 5.75 Å². The number of hydrogen-bond acceptors (Lipinski definition) is 6.